The number of hydrogen-bond donors (Lipinski definition) is 1. The van der Waals surface area contributed by atoms with Crippen LogP contribution in [0.1, 0.15) is 55.7 Å². The van der Waals surface area contributed by atoms with E-state index in [4.69, 9.17) is 9.72 Å². The average Bonchev–Trinajstić information content (AvgIpc) is 3.40. The first-order chi connectivity index (χ1) is 13.1. The normalized spacial score (nSPS) is 21.1. The molecule has 0 bridgehead atoms. The molecule has 1 unspecified atom stereocenters. The lowest BCUT2D eigenvalue weighted by Crippen LogP contribution is -2.34. The zero-order valence-corrected chi connectivity index (χ0v) is 16.2. The predicted molar refractivity (Wildman–Crippen MR) is 103 cm³/mol. The number of rotatable bonds is 5. The van der Waals surface area contributed by atoms with E-state index in [2.05, 4.69) is 17.1 Å². The molecule has 1 atom stereocenters. The SMILES string of the molecule is CCc1nc(C2CN(C(=O)COc3cccc(C)c3)CC23CCCC3)n[nH]1. The summed E-state index contributed by atoms with van der Waals surface area (Å²) in [6, 6.07) is 7.82. The summed E-state index contributed by atoms with van der Waals surface area (Å²) in [5, 5.41) is 7.53. The van der Waals surface area contributed by atoms with Crippen molar-refractivity contribution in [1.29, 1.82) is 0 Å². The first kappa shape index (κ1) is 18.0. The lowest BCUT2D eigenvalue weighted by molar-refractivity contribution is -0.132. The summed E-state index contributed by atoms with van der Waals surface area (Å²) in [6.07, 6.45) is 5.60. The van der Waals surface area contributed by atoms with Gasteiger partial charge in [0.05, 0.1) is 0 Å². The summed E-state index contributed by atoms with van der Waals surface area (Å²) in [7, 11) is 0. The Kier molecular flexibility index (Phi) is 4.89. The van der Waals surface area contributed by atoms with Crippen LogP contribution in [-0.2, 0) is 11.2 Å². The fourth-order valence-electron chi connectivity index (χ4n) is 4.67. The van der Waals surface area contributed by atoms with E-state index in [1.807, 2.05) is 36.1 Å². The lowest BCUT2D eigenvalue weighted by atomic mass is 9.76. The van der Waals surface area contributed by atoms with Crippen molar-refractivity contribution in [2.75, 3.05) is 19.7 Å². The number of H-pyrrole nitrogens is 1. The minimum absolute atomic E-state index is 0.0523. The summed E-state index contributed by atoms with van der Waals surface area (Å²) in [5.74, 6) is 2.82. The van der Waals surface area contributed by atoms with Gasteiger partial charge in [-0.25, -0.2) is 4.98 Å². The van der Waals surface area contributed by atoms with Gasteiger partial charge in [0.1, 0.15) is 11.6 Å². The third-order valence-electron chi connectivity index (χ3n) is 6.15. The molecule has 1 aromatic carbocycles. The van der Waals surface area contributed by atoms with E-state index in [9.17, 15) is 4.79 Å². The summed E-state index contributed by atoms with van der Waals surface area (Å²) >= 11 is 0. The molecule has 1 aliphatic heterocycles. The number of ether oxygens (including phenoxy) is 1. The van der Waals surface area contributed by atoms with Crippen molar-refractivity contribution in [3.63, 3.8) is 0 Å². The smallest absolute Gasteiger partial charge is 0.260 e. The van der Waals surface area contributed by atoms with Crippen LogP contribution in [0.2, 0.25) is 0 Å². The highest BCUT2D eigenvalue weighted by Gasteiger charge is 2.51. The molecule has 2 aliphatic rings. The van der Waals surface area contributed by atoms with Gasteiger partial charge in [-0.1, -0.05) is 31.9 Å². The number of carbonyl (C=O) groups is 1. The number of likely N-dealkylation sites (tertiary alicyclic amines) is 1. The molecule has 6 nitrogen and oxygen atoms in total. The third-order valence-corrected chi connectivity index (χ3v) is 6.15. The zero-order valence-electron chi connectivity index (χ0n) is 16.2. The number of hydrogen-bond acceptors (Lipinski definition) is 4. The van der Waals surface area contributed by atoms with Gasteiger partial charge in [-0.2, -0.15) is 5.10 Å². The number of aryl methyl sites for hydroxylation is 2. The molecular formula is C21H28N4O2. The van der Waals surface area contributed by atoms with Gasteiger partial charge in [0.2, 0.25) is 0 Å². The molecule has 1 spiro atoms. The molecule has 2 heterocycles. The van der Waals surface area contributed by atoms with Crippen molar-refractivity contribution in [3.8, 4) is 5.75 Å². The van der Waals surface area contributed by atoms with Gasteiger partial charge >= 0.3 is 0 Å². The predicted octanol–water partition coefficient (Wildman–Crippen LogP) is 3.24. The Morgan fingerprint density at radius 1 is 1.37 bits per heavy atom. The summed E-state index contributed by atoms with van der Waals surface area (Å²) in [6.45, 7) is 5.66. The van der Waals surface area contributed by atoms with Crippen LogP contribution in [0.15, 0.2) is 24.3 Å². The fraction of sp³-hybridized carbons (Fsp3) is 0.571. The number of nitrogens with zero attached hydrogens (tertiary/aromatic N) is 3. The van der Waals surface area contributed by atoms with Crippen molar-refractivity contribution >= 4 is 5.91 Å². The van der Waals surface area contributed by atoms with Gasteiger partial charge in [-0.05, 0) is 42.9 Å². The van der Waals surface area contributed by atoms with E-state index in [0.29, 0.717) is 6.54 Å². The molecule has 2 fully saturated rings. The quantitative estimate of drug-likeness (QED) is 0.879. The standard InChI is InChI=1S/C21H28N4O2/c1-3-18-22-20(24-23-18)17-12-25(14-21(17)9-4-5-10-21)19(26)13-27-16-8-6-7-15(2)11-16/h6-8,11,17H,3-5,9-10,12-14H2,1-2H3,(H,22,23,24). The Hall–Kier alpha value is -2.37. The number of amides is 1. The molecule has 1 amide bonds. The van der Waals surface area contributed by atoms with Gasteiger partial charge in [-0.3, -0.25) is 9.89 Å². The van der Waals surface area contributed by atoms with Gasteiger partial charge < -0.3 is 9.64 Å². The van der Waals surface area contributed by atoms with E-state index in [1.54, 1.807) is 0 Å². The van der Waals surface area contributed by atoms with Crippen LogP contribution in [0, 0.1) is 12.3 Å². The summed E-state index contributed by atoms with van der Waals surface area (Å²) < 4.78 is 5.75. The van der Waals surface area contributed by atoms with Gasteiger partial charge in [0.25, 0.3) is 5.91 Å². The fourth-order valence-corrected chi connectivity index (χ4v) is 4.67. The van der Waals surface area contributed by atoms with E-state index in [1.165, 1.54) is 12.8 Å². The number of carbonyl (C=O) groups excluding carboxylic acids is 1. The monoisotopic (exact) mass is 368 g/mol. The largest absolute Gasteiger partial charge is 0.484 e. The molecular weight excluding hydrogens is 340 g/mol. The molecule has 1 aliphatic carbocycles. The minimum Gasteiger partial charge on any atom is -0.484 e. The number of aromatic amines is 1. The third kappa shape index (κ3) is 3.57. The molecule has 4 rings (SSSR count). The molecule has 1 aromatic heterocycles. The lowest BCUT2D eigenvalue weighted by Gasteiger charge is -2.27. The molecule has 2 aromatic rings. The summed E-state index contributed by atoms with van der Waals surface area (Å²) in [5.41, 5.74) is 1.26. The van der Waals surface area contributed by atoms with Gasteiger partial charge in [0, 0.05) is 25.4 Å². The molecule has 1 N–H and O–H groups in total. The average molecular weight is 368 g/mol. The Morgan fingerprint density at radius 3 is 2.89 bits per heavy atom. The highest BCUT2D eigenvalue weighted by Crippen LogP contribution is 2.52. The second-order valence-corrected chi connectivity index (χ2v) is 8.00. The maximum atomic E-state index is 12.8. The number of aromatic nitrogens is 3. The Labute approximate surface area is 160 Å². The topological polar surface area (TPSA) is 71.1 Å². The van der Waals surface area contributed by atoms with E-state index in [0.717, 1.165) is 48.8 Å². The molecule has 1 saturated carbocycles. The summed E-state index contributed by atoms with van der Waals surface area (Å²) in [4.78, 5) is 19.5. The van der Waals surface area contributed by atoms with E-state index < -0.39 is 0 Å². The number of benzene rings is 1. The molecule has 0 radical (unpaired) electrons. The zero-order chi connectivity index (χ0) is 18.9. The van der Waals surface area contributed by atoms with E-state index >= 15 is 0 Å². The second-order valence-electron chi connectivity index (χ2n) is 8.00. The maximum Gasteiger partial charge on any atom is 0.260 e. The molecule has 144 valence electrons. The van der Waals surface area contributed by atoms with Gasteiger partial charge in [0.15, 0.2) is 12.4 Å². The molecule has 27 heavy (non-hydrogen) atoms. The van der Waals surface area contributed by atoms with Crippen LogP contribution >= 0.6 is 0 Å². The first-order valence-electron chi connectivity index (χ1n) is 9.98. The van der Waals surface area contributed by atoms with Gasteiger partial charge in [-0.15, -0.1) is 0 Å². The molecule has 1 saturated heterocycles. The highest BCUT2D eigenvalue weighted by atomic mass is 16.5. The first-order valence-corrected chi connectivity index (χ1v) is 9.98. The Balaban J connectivity index is 1.46. The van der Waals surface area contributed by atoms with Crippen LogP contribution in [0.4, 0.5) is 0 Å². The van der Waals surface area contributed by atoms with Crippen molar-refractivity contribution in [2.24, 2.45) is 5.41 Å². The van der Waals surface area contributed by atoms with Crippen LogP contribution in [0.3, 0.4) is 0 Å². The van der Waals surface area contributed by atoms with E-state index in [-0.39, 0.29) is 23.8 Å². The van der Waals surface area contributed by atoms with Crippen LogP contribution in [0.5, 0.6) is 5.75 Å². The van der Waals surface area contributed by atoms with Crippen molar-refractivity contribution in [2.45, 2.75) is 51.9 Å². The number of nitrogens with one attached hydrogen (secondary N) is 1. The minimum atomic E-state index is 0.0523. The van der Waals surface area contributed by atoms with Crippen LogP contribution < -0.4 is 4.74 Å². The maximum absolute atomic E-state index is 12.8. The second kappa shape index (κ2) is 7.33. The van der Waals surface area contributed by atoms with Crippen LogP contribution in [0.25, 0.3) is 0 Å². The van der Waals surface area contributed by atoms with Crippen LogP contribution in [-0.4, -0.2) is 45.7 Å². The van der Waals surface area contributed by atoms with Crippen molar-refractivity contribution < 1.29 is 9.53 Å². The highest BCUT2D eigenvalue weighted by molar-refractivity contribution is 5.78. The van der Waals surface area contributed by atoms with Crippen molar-refractivity contribution in [1.82, 2.24) is 20.1 Å². The Morgan fingerprint density at radius 2 is 2.19 bits per heavy atom. The Bertz CT molecular complexity index is 810. The van der Waals surface area contributed by atoms with Crippen molar-refractivity contribution in [3.05, 3.63) is 41.5 Å². The molecule has 6 heteroatoms.